The molecule has 30 heavy (non-hydrogen) atoms. The topological polar surface area (TPSA) is 60.9 Å². The first kappa shape index (κ1) is 20.8. The molecule has 0 spiro atoms. The third-order valence-electron chi connectivity index (χ3n) is 6.50. The van der Waals surface area contributed by atoms with E-state index >= 15 is 0 Å². The van der Waals surface area contributed by atoms with Crippen LogP contribution in [0.2, 0.25) is 0 Å². The van der Waals surface area contributed by atoms with Gasteiger partial charge in [-0.15, -0.1) is 0 Å². The summed E-state index contributed by atoms with van der Waals surface area (Å²) in [4.78, 5) is 29.1. The predicted molar refractivity (Wildman–Crippen MR) is 116 cm³/mol. The van der Waals surface area contributed by atoms with Crippen LogP contribution in [0.4, 0.5) is 0 Å². The first-order valence-corrected chi connectivity index (χ1v) is 11.0. The largest absolute Gasteiger partial charge is 0.385 e. The van der Waals surface area contributed by atoms with Gasteiger partial charge in [0, 0.05) is 31.6 Å². The first-order valence-electron chi connectivity index (χ1n) is 11.0. The molecule has 0 aliphatic carbocycles. The second kappa shape index (κ2) is 9.11. The number of hydrogen-bond acceptors (Lipinski definition) is 4. The van der Waals surface area contributed by atoms with Crippen molar-refractivity contribution in [2.75, 3.05) is 26.2 Å². The number of carbonyl (C=O) groups is 2. The Bertz CT molecular complexity index is 888. The quantitative estimate of drug-likeness (QED) is 0.590. The number of amides is 2. The van der Waals surface area contributed by atoms with Crippen molar-refractivity contribution in [3.63, 3.8) is 0 Å². The number of nitrogens with zero attached hydrogens (tertiary/aromatic N) is 2. The highest BCUT2D eigenvalue weighted by atomic mass is 16.3. The fourth-order valence-corrected chi connectivity index (χ4v) is 4.60. The van der Waals surface area contributed by atoms with Gasteiger partial charge in [0.1, 0.15) is 0 Å². The van der Waals surface area contributed by atoms with Gasteiger partial charge in [-0.25, -0.2) is 0 Å². The summed E-state index contributed by atoms with van der Waals surface area (Å²) in [6, 6.07) is 17.5. The van der Waals surface area contributed by atoms with Gasteiger partial charge < -0.3 is 10.0 Å². The van der Waals surface area contributed by atoms with Crippen LogP contribution < -0.4 is 0 Å². The normalized spacial score (nSPS) is 19.4. The van der Waals surface area contributed by atoms with Gasteiger partial charge in [-0.05, 0) is 55.8 Å². The second-order valence-electron chi connectivity index (χ2n) is 8.45. The maximum Gasteiger partial charge on any atom is 0.260 e. The molecular formula is C25H30N2O3. The van der Waals surface area contributed by atoms with Gasteiger partial charge in [-0.1, -0.05) is 48.5 Å². The summed E-state index contributed by atoms with van der Waals surface area (Å²) in [6.07, 6.45) is 4.23. The third kappa shape index (κ3) is 4.47. The first-order chi connectivity index (χ1) is 14.6. The SMILES string of the molecule is O=C1CCc2ccccc2C(=O)N1CCCCN1CCC(O)(c2ccccc2)CC1. The highest BCUT2D eigenvalue weighted by Crippen LogP contribution is 2.32. The molecule has 2 heterocycles. The molecule has 0 saturated carbocycles. The molecule has 2 amide bonds. The molecule has 2 aromatic carbocycles. The van der Waals surface area contributed by atoms with E-state index in [1.807, 2.05) is 54.6 Å². The smallest absolute Gasteiger partial charge is 0.260 e. The molecule has 0 bridgehead atoms. The molecule has 2 aliphatic heterocycles. The fraction of sp³-hybridized carbons (Fsp3) is 0.440. The maximum absolute atomic E-state index is 12.8. The summed E-state index contributed by atoms with van der Waals surface area (Å²) in [7, 11) is 0. The Morgan fingerprint density at radius 3 is 2.27 bits per heavy atom. The van der Waals surface area contributed by atoms with Gasteiger partial charge in [-0.2, -0.15) is 0 Å². The molecule has 4 rings (SSSR count). The number of piperidine rings is 1. The van der Waals surface area contributed by atoms with Gasteiger partial charge in [0.15, 0.2) is 0 Å². The highest BCUT2D eigenvalue weighted by molar-refractivity contribution is 6.06. The summed E-state index contributed by atoms with van der Waals surface area (Å²) in [5, 5.41) is 11.0. The average molecular weight is 407 g/mol. The Kier molecular flexibility index (Phi) is 6.30. The standard InChI is InChI=1S/C25H30N2O3/c28-23-13-12-20-8-4-5-11-22(20)24(29)27(23)17-7-6-16-26-18-14-25(30,15-19-26)21-9-2-1-3-10-21/h1-5,8-11,30H,6-7,12-19H2. The molecule has 0 aromatic heterocycles. The predicted octanol–water partition coefficient (Wildman–Crippen LogP) is 3.37. The number of unbranched alkanes of at least 4 members (excludes halogenated alkanes) is 1. The molecule has 5 heteroatoms. The van der Waals surface area contributed by atoms with Crippen molar-refractivity contribution in [2.24, 2.45) is 0 Å². The number of aliphatic hydroxyl groups is 1. The number of fused-ring (bicyclic) bond motifs is 1. The molecule has 0 unspecified atom stereocenters. The van der Waals surface area contributed by atoms with E-state index in [9.17, 15) is 14.7 Å². The van der Waals surface area contributed by atoms with Gasteiger partial charge >= 0.3 is 0 Å². The van der Waals surface area contributed by atoms with Crippen molar-refractivity contribution in [2.45, 2.75) is 44.1 Å². The lowest BCUT2D eigenvalue weighted by molar-refractivity contribution is -0.128. The van der Waals surface area contributed by atoms with Crippen LogP contribution in [0.3, 0.4) is 0 Å². The summed E-state index contributed by atoms with van der Waals surface area (Å²) in [5.41, 5.74) is 1.91. The van der Waals surface area contributed by atoms with E-state index in [1.54, 1.807) is 0 Å². The minimum atomic E-state index is -0.726. The van der Waals surface area contributed by atoms with Crippen molar-refractivity contribution in [1.82, 2.24) is 9.80 Å². The lowest BCUT2D eigenvalue weighted by Crippen LogP contribution is -2.43. The van der Waals surface area contributed by atoms with E-state index in [2.05, 4.69) is 4.90 Å². The molecule has 2 aromatic rings. The maximum atomic E-state index is 12.8. The molecule has 2 aliphatic rings. The summed E-state index contributed by atoms with van der Waals surface area (Å²) >= 11 is 0. The molecule has 1 N–H and O–H groups in total. The number of aryl methyl sites for hydroxylation is 1. The van der Waals surface area contributed by atoms with E-state index in [0.717, 1.165) is 56.4 Å². The van der Waals surface area contributed by atoms with Crippen LogP contribution >= 0.6 is 0 Å². The Labute approximate surface area is 178 Å². The van der Waals surface area contributed by atoms with Crippen molar-refractivity contribution < 1.29 is 14.7 Å². The Morgan fingerprint density at radius 1 is 0.833 bits per heavy atom. The van der Waals surface area contributed by atoms with Gasteiger partial charge in [0.05, 0.1) is 5.60 Å². The molecule has 1 fully saturated rings. The number of likely N-dealkylation sites (tertiary alicyclic amines) is 1. The van der Waals surface area contributed by atoms with E-state index in [-0.39, 0.29) is 11.8 Å². The van der Waals surface area contributed by atoms with E-state index in [4.69, 9.17) is 0 Å². The number of carbonyl (C=O) groups excluding carboxylic acids is 2. The van der Waals surface area contributed by atoms with Crippen LogP contribution in [-0.2, 0) is 16.8 Å². The Morgan fingerprint density at radius 2 is 1.50 bits per heavy atom. The van der Waals surface area contributed by atoms with Crippen molar-refractivity contribution >= 4 is 11.8 Å². The van der Waals surface area contributed by atoms with Crippen LogP contribution in [0.1, 0.15) is 53.6 Å². The fourth-order valence-electron chi connectivity index (χ4n) is 4.60. The number of rotatable bonds is 6. The second-order valence-corrected chi connectivity index (χ2v) is 8.45. The minimum Gasteiger partial charge on any atom is -0.385 e. The van der Waals surface area contributed by atoms with E-state index in [1.165, 1.54) is 4.90 Å². The average Bonchev–Trinajstić information content (AvgIpc) is 2.90. The summed E-state index contributed by atoms with van der Waals surface area (Å²) in [5.74, 6) is -0.221. The number of hydrogen-bond donors (Lipinski definition) is 1. The van der Waals surface area contributed by atoms with Crippen LogP contribution in [0.25, 0.3) is 0 Å². The van der Waals surface area contributed by atoms with Crippen molar-refractivity contribution in [3.05, 3.63) is 71.3 Å². The van der Waals surface area contributed by atoms with E-state index in [0.29, 0.717) is 24.9 Å². The van der Waals surface area contributed by atoms with Gasteiger partial charge in [0.2, 0.25) is 5.91 Å². The minimum absolute atomic E-state index is 0.0675. The highest BCUT2D eigenvalue weighted by Gasteiger charge is 2.33. The molecule has 158 valence electrons. The van der Waals surface area contributed by atoms with E-state index < -0.39 is 5.60 Å². The molecule has 1 saturated heterocycles. The zero-order valence-corrected chi connectivity index (χ0v) is 17.4. The van der Waals surface area contributed by atoms with Crippen LogP contribution in [-0.4, -0.2) is 52.9 Å². The van der Waals surface area contributed by atoms with Crippen molar-refractivity contribution in [1.29, 1.82) is 0 Å². The molecule has 0 atom stereocenters. The third-order valence-corrected chi connectivity index (χ3v) is 6.50. The zero-order chi connectivity index (χ0) is 21.0. The lowest BCUT2D eigenvalue weighted by Gasteiger charge is -2.38. The molecular weight excluding hydrogens is 376 g/mol. The van der Waals surface area contributed by atoms with Crippen LogP contribution in [0, 0.1) is 0 Å². The summed E-state index contributed by atoms with van der Waals surface area (Å²) < 4.78 is 0. The lowest BCUT2D eigenvalue weighted by atomic mass is 9.84. The van der Waals surface area contributed by atoms with Crippen LogP contribution in [0.15, 0.2) is 54.6 Å². The monoisotopic (exact) mass is 406 g/mol. The van der Waals surface area contributed by atoms with Crippen LogP contribution in [0.5, 0.6) is 0 Å². The number of benzene rings is 2. The molecule has 0 radical (unpaired) electrons. The van der Waals surface area contributed by atoms with Gasteiger partial charge in [-0.3, -0.25) is 14.5 Å². The Balaban J connectivity index is 1.25. The zero-order valence-electron chi connectivity index (χ0n) is 17.4. The summed E-state index contributed by atoms with van der Waals surface area (Å²) in [6.45, 7) is 3.13. The number of imide groups is 1. The Hall–Kier alpha value is -2.50. The van der Waals surface area contributed by atoms with Crippen molar-refractivity contribution in [3.8, 4) is 0 Å². The molecule has 5 nitrogen and oxygen atoms in total. The van der Waals surface area contributed by atoms with Gasteiger partial charge in [0.25, 0.3) is 5.91 Å².